The summed E-state index contributed by atoms with van der Waals surface area (Å²) in [6.45, 7) is 3.01. The Kier molecular flexibility index (Phi) is 7.13. The first kappa shape index (κ1) is 20.7. The van der Waals surface area contributed by atoms with Gasteiger partial charge >= 0.3 is 0 Å². The molecule has 2 aromatic rings. The van der Waals surface area contributed by atoms with Crippen molar-refractivity contribution in [2.45, 2.75) is 13.5 Å². The summed E-state index contributed by atoms with van der Waals surface area (Å²) in [5, 5.41) is 8.98. The van der Waals surface area contributed by atoms with Crippen molar-refractivity contribution in [1.29, 1.82) is 0 Å². The SMILES string of the molecule is CCOc1ccc(CN2C(=O)CS/C2=N/N=C/c2ccc(OC)c(OC)c2)cc1. The molecule has 0 bridgehead atoms. The molecule has 0 saturated carbocycles. The van der Waals surface area contributed by atoms with E-state index in [0.29, 0.717) is 35.6 Å². The van der Waals surface area contributed by atoms with Gasteiger partial charge in [0, 0.05) is 0 Å². The minimum Gasteiger partial charge on any atom is -0.494 e. The fourth-order valence-corrected chi connectivity index (χ4v) is 3.58. The number of amides is 1. The van der Waals surface area contributed by atoms with Crippen LogP contribution in [0.15, 0.2) is 52.7 Å². The number of carbonyl (C=O) groups excluding carboxylic acids is 1. The number of ether oxygens (including phenoxy) is 3. The van der Waals surface area contributed by atoms with E-state index in [-0.39, 0.29) is 5.91 Å². The molecule has 1 aliphatic rings. The van der Waals surface area contributed by atoms with Crippen LogP contribution in [0.3, 0.4) is 0 Å². The van der Waals surface area contributed by atoms with Gasteiger partial charge in [0.05, 0.1) is 39.3 Å². The van der Waals surface area contributed by atoms with Gasteiger partial charge in [0.1, 0.15) is 5.75 Å². The number of hydrogen-bond acceptors (Lipinski definition) is 7. The lowest BCUT2D eigenvalue weighted by molar-refractivity contribution is -0.124. The van der Waals surface area contributed by atoms with E-state index in [1.807, 2.05) is 43.3 Å². The maximum atomic E-state index is 12.3. The Morgan fingerprint density at radius 3 is 2.55 bits per heavy atom. The predicted octanol–water partition coefficient (Wildman–Crippen LogP) is 3.57. The van der Waals surface area contributed by atoms with Crippen LogP contribution in [-0.2, 0) is 11.3 Å². The number of rotatable bonds is 8. The number of carbonyl (C=O) groups is 1. The van der Waals surface area contributed by atoms with Gasteiger partial charge in [-0.25, -0.2) is 0 Å². The average molecular weight is 413 g/mol. The van der Waals surface area contributed by atoms with Gasteiger partial charge in [0.25, 0.3) is 0 Å². The minimum atomic E-state index is 0.0175. The van der Waals surface area contributed by atoms with Crippen LogP contribution < -0.4 is 14.2 Å². The molecule has 1 saturated heterocycles. The van der Waals surface area contributed by atoms with Crippen molar-refractivity contribution in [2.75, 3.05) is 26.6 Å². The van der Waals surface area contributed by atoms with E-state index in [2.05, 4.69) is 10.2 Å². The molecule has 8 heteroatoms. The average Bonchev–Trinajstić information content (AvgIpc) is 3.09. The zero-order valence-electron chi connectivity index (χ0n) is 16.6. The lowest BCUT2D eigenvalue weighted by Crippen LogP contribution is -2.28. The van der Waals surface area contributed by atoms with Gasteiger partial charge in [-0.3, -0.25) is 9.69 Å². The van der Waals surface area contributed by atoms with Gasteiger partial charge in [0.2, 0.25) is 5.91 Å². The fourth-order valence-electron chi connectivity index (χ4n) is 2.75. The van der Waals surface area contributed by atoms with E-state index >= 15 is 0 Å². The van der Waals surface area contributed by atoms with Crippen molar-refractivity contribution in [3.05, 3.63) is 53.6 Å². The molecule has 1 heterocycles. The maximum Gasteiger partial charge on any atom is 0.239 e. The third-order valence-electron chi connectivity index (χ3n) is 4.19. The van der Waals surface area contributed by atoms with E-state index < -0.39 is 0 Å². The lowest BCUT2D eigenvalue weighted by Gasteiger charge is -2.15. The van der Waals surface area contributed by atoms with Crippen molar-refractivity contribution >= 4 is 29.1 Å². The zero-order valence-corrected chi connectivity index (χ0v) is 17.4. The van der Waals surface area contributed by atoms with Crippen LogP contribution in [0.5, 0.6) is 17.2 Å². The number of methoxy groups -OCH3 is 2. The fraction of sp³-hybridized carbons (Fsp3) is 0.286. The molecule has 0 atom stereocenters. The molecule has 0 unspecified atom stereocenters. The van der Waals surface area contributed by atoms with Gasteiger partial charge in [-0.15, -0.1) is 5.10 Å². The topological polar surface area (TPSA) is 72.7 Å². The van der Waals surface area contributed by atoms with Crippen LogP contribution in [0.1, 0.15) is 18.1 Å². The van der Waals surface area contributed by atoms with Crippen LogP contribution in [0, 0.1) is 0 Å². The third-order valence-corrected chi connectivity index (χ3v) is 5.14. The van der Waals surface area contributed by atoms with Gasteiger partial charge < -0.3 is 14.2 Å². The summed E-state index contributed by atoms with van der Waals surface area (Å²) in [7, 11) is 3.17. The second-order valence-corrected chi connectivity index (χ2v) is 7.03. The summed E-state index contributed by atoms with van der Waals surface area (Å²) in [6, 6.07) is 13.2. The lowest BCUT2D eigenvalue weighted by atomic mass is 10.2. The molecule has 3 rings (SSSR count). The Morgan fingerprint density at radius 1 is 1.10 bits per heavy atom. The Morgan fingerprint density at radius 2 is 1.86 bits per heavy atom. The number of hydrogen-bond donors (Lipinski definition) is 0. The molecule has 1 amide bonds. The quantitative estimate of drug-likeness (QED) is 0.489. The normalized spacial score (nSPS) is 15.3. The Bertz CT molecular complexity index is 913. The highest BCUT2D eigenvalue weighted by Crippen LogP contribution is 2.27. The van der Waals surface area contributed by atoms with Crippen LogP contribution in [0.2, 0.25) is 0 Å². The molecular weight excluding hydrogens is 390 g/mol. The standard InChI is InChI=1S/C21H23N3O4S/c1-4-28-17-8-5-15(6-9-17)13-24-20(25)14-29-21(24)23-22-12-16-7-10-18(26-2)19(11-16)27-3/h5-12H,4,13-14H2,1-3H3/b22-12+,23-21+. The first-order chi connectivity index (χ1) is 14.1. The Labute approximate surface area is 174 Å². The van der Waals surface area contributed by atoms with Gasteiger partial charge in [0.15, 0.2) is 16.7 Å². The van der Waals surface area contributed by atoms with E-state index in [9.17, 15) is 4.79 Å². The van der Waals surface area contributed by atoms with Gasteiger partial charge in [-0.2, -0.15) is 5.10 Å². The van der Waals surface area contributed by atoms with Crippen LogP contribution in [0.4, 0.5) is 0 Å². The molecule has 1 aliphatic heterocycles. The predicted molar refractivity (Wildman–Crippen MR) is 115 cm³/mol. The first-order valence-corrected chi connectivity index (χ1v) is 10.1. The van der Waals surface area contributed by atoms with E-state index in [0.717, 1.165) is 16.9 Å². The van der Waals surface area contributed by atoms with Crippen molar-refractivity contribution in [1.82, 2.24) is 4.90 Å². The van der Waals surface area contributed by atoms with Crippen LogP contribution in [0.25, 0.3) is 0 Å². The number of amidine groups is 1. The highest BCUT2D eigenvalue weighted by molar-refractivity contribution is 8.15. The monoisotopic (exact) mass is 413 g/mol. The number of thioether (sulfide) groups is 1. The van der Waals surface area contributed by atoms with Gasteiger partial charge in [-0.05, 0) is 48.4 Å². The van der Waals surface area contributed by atoms with Crippen molar-refractivity contribution in [3.8, 4) is 17.2 Å². The summed E-state index contributed by atoms with van der Waals surface area (Å²) < 4.78 is 16.0. The third kappa shape index (κ3) is 5.29. The molecular formula is C21H23N3O4S. The minimum absolute atomic E-state index is 0.0175. The van der Waals surface area contributed by atoms with Crippen molar-refractivity contribution in [3.63, 3.8) is 0 Å². The maximum absolute atomic E-state index is 12.3. The highest BCUT2D eigenvalue weighted by Gasteiger charge is 2.28. The van der Waals surface area contributed by atoms with Crippen molar-refractivity contribution in [2.24, 2.45) is 10.2 Å². The molecule has 1 fully saturated rings. The molecule has 152 valence electrons. The molecule has 2 aromatic carbocycles. The van der Waals surface area contributed by atoms with Crippen LogP contribution in [-0.4, -0.2) is 48.8 Å². The summed E-state index contributed by atoms with van der Waals surface area (Å²) in [5.41, 5.74) is 1.82. The zero-order chi connectivity index (χ0) is 20.6. The second-order valence-electron chi connectivity index (χ2n) is 6.09. The van der Waals surface area contributed by atoms with E-state index in [4.69, 9.17) is 14.2 Å². The summed E-state index contributed by atoms with van der Waals surface area (Å²) in [6.07, 6.45) is 1.62. The molecule has 0 spiro atoms. The summed E-state index contributed by atoms with van der Waals surface area (Å²) >= 11 is 1.38. The molecule has 7 nitrogen and oxygen atoms in total. The van der Waals surface area contributed by atoms with Gasteiger partial charge in [-0.1, -0.05) is 23.9 Å². The smallest absolute Gasteiger partial charge is 0.239 e. The molecule has 0 aromatic heterocycles. The largest absolute Gasteiger partial charge is 0.494 e. The van der Waals surface area contributed by atoms with Crippen LogP contribution >= 0.6 is 11.8 Å². The Hall–Kier alpha value is -3.00. The summed E-state index contributed by atoms with van der Waals surface area (Å²) in [5.74, 6) is 2.46. The Balaban J connectivity index is 1.70. The summed E-state index contributed by atoms with van der Waals surface area (Å²) in [4.78, 5) is 13.9. The first-order valence-electron chi connectivity index (χ1n) is 9.12. The highest BCUT2D eigenvalue weighted by atomic mass is 32.2. The number of nitrogens with zero attached hydrogens (tertiary/aromatic N) is 3. The molecule has 0 radical (unpaired) electrons. The molecule has 0 aliphatic carbocycles. The molecule has 29 heavy (non-hydrogen) atoms. The number of benzene rings is 2. The second kappa shape index (κ2) is 9.97. The van der Waals surface area contributed by atoms with Crippen molar-refractivity contribution < 1.29 is 19.0 Å². The molecule has 0 N–H and O–H groups in total. The van der Waals surface area contributed by atoms with E-state index in [1.165, 1.54) is 11.8 Å². The van der Waals surface area contributed by atoms with E-state index in [1.54, 1.807) is 31.4 Å².